The number of amides is 1. The largest absolute Gasteiger partial charge is 0.383 e. The molecule has 140 valence electrons. The second-order valence-electron chi connectivity index (χ2n) is 6.60. The molecule has 1 amide bonds. The molecular formula is C18H26N6O2. The fourth-order valence-corrected chi connectivity index (χ4v) is 3.23. The topological polar surface area (TPSA) is 85.2 Å². The van der Waals surface area contributed by atoms with Gasteiger partial charge in [0.25, 0.3) is 0 Å². The smallest absolute Gasteiger partial charge is 0.227 e. The van der Waals surface area contributed by atoms with E-state index in [1.54, 1.807) is 13.3 Å². The number of aromatic nitrogens is 4. The van der Waals surface area contributed by atoms with E-state index < -0.39 is 0 Å². The van der Waals surface area contributed by atoms with Crippen molar-refractivity contribution in [2.75, 3.05) is 38.3 Å². The third-order valence-electron chi connectivity index (χ3n) is 4.61. The predicted molar refractivity (Wildman–Crippen MR) is 98.5 cm³/mol. The first-order valence-electron chi connectivity index (χ1n) is 8.97. The number of ether oxygens (including phenoxy) is 1. The summed E-state index contributed by atoms with van der Waals surface area (Å²) >= 11 is 0. The van der Waals surface area contributed by atoms with Gasteiger partial charge in [-0.25, -0.2) is 9.67 Å². The lowest BCUT2D eigenvalue weighted by Gasteiger charge is -2.31. The Morgan fingerprint density at radius 3 is 2.77 bits per heavy atom. The molecular weight excluding hydrogens is 332 g/mol. The number of piperidine rings is 1. The average molecular weight is 358 g/mol. The maximum Gasteiger partial charge on any atom is 0.227 e. The molecule has 0 unspecified atom stereocenters. The standard InChI is InChI=1S/C18H26N6O2/c1-13-12-14(2)24(22-13)16-4-7-20-18(21-16)23-9-5-15(6-10-23)17(25)19-8-11-26-3/h4,7,12,15H,5-6,8-11H2,1-3H3,(H,19,25). The van der Waals surface area contributed by atoms with E-state index in [0.717, 1.165) is 43.1 Å². The van der Waals surface area contributed by atoms with Crippen LogP contribution in [-0.2, 0) is 9.53 Å². The molecule has 26 heavy (non-hydrogen) atoms. The SMILES string of the molecule is COCCNC(=O)C1CCN(c2nccc(-n3nc(C)cc3C)n2)CC1. The van der Waals surface area contributed by atoms with E-state index in [1.807, 2.05) is 30.7 Å². The molecule has 0 radical (unpaired) electrons. The number of nitrogens with zero attached hydrogens (tertiary/aromatic N) is 5. The van der Waals surface area contributed by atoms with Gasteiger partial charge in [-0.15, -0.1) is 0 Å². The van der Waals surface area contributed by atoms with Crippen molar-refractivity contribution >= 4 is 11.9 Å². The van der Waals surface area contributed by atoms with Crippen molar-refractivity contribution in [1.82, 2.24) is 25.1 Å². The minimum atomic E-state index is 0.0438. The zero-order valence-corrected chi connectivity index (χ0v) is 15.6. The molecule has 3 rings (SSSR count). The summed E-state index contributed by atoms with van der Waals surface area (Å²) in [6, 6.07) is 3.88. The van der Waals surface area contributed by atoms with Gasteiger partial charge in [0.15, 0.2) is 5.82 Å². The van der Waals surface area contributed by atoms with Crippen LogP contribution in [0.4, 0.5) is 5.95 Å². The molecule has 0 spiro atoms. The number of anilines is 1. The van der Waals surface area contributed by atoms with Gasteiger partial charge in [-0.1, -0.05) is 0 Å². The summed E-state index contributed by atoms with van der Waals surface area (Å²) < 4.78 is 6.80. The molecule has 0 saturated carbocycles. The second kappa shape index (κ2) is 8.27. The lowest BCUT2D eigenvalue weighted by Crippen LogP contribution is -2.41. The molecule has 1 fully saturated rings. The van der Waals surface area contributed by atoms with E-state index in [-0.39, 0.29) is 11.8 Å². The number of carbonyl (C=O) groups excluding carboxylic acids is 1. The quantitative estimate of drug-likeness (QED) is 0.783. The van der Waals surface area contributed by atoms with E-state index in [2.05, 4.69) is 25.3 Å². The van der Waals surface area contributed by atoms with Crippen LogP contribution in [-0.4, -0.2) is 59.0 Å². The fourth-order valence-electron chi connectivity index (χ4n) is 3.23. The van der Waals surface area contributed by atoms with Crippen molar-refractivity contribution in [2.45, 2.75) is 26.7 Å². The molecule has 1 aliphatic heterocycles. The lowest BCUT2D eigenvalue weighted by molar-refractivity contribution is -0.125. The molecule has 0 bridgehead atoms. The first kappa shape index (κ1) is 18.3. The van der Waals surface area contributed by atoms with Crippen LogP contribution in [0.15, 0.2) is 18.3 Å². The molecule has 0 atom stereocenters. The fraction of sp³-hybridized carbons (Fsp3) is 0.556. The van der Waals surface area contributed by atoms with Gasteiger partial charge in [0.1, 0.15) is 0 Å². The second-order valence-corrected chi connectivity index (χ2v) is 6.60. The van der Waals surface area contributed by atoms with Gasteiger partial charge in [0.2, 0.25) is 11.9 Å². The van der Waals surface area contributed by atoms with Crippen LogP contribution in [0.1, 0.15) is 24.2 Å². The molecule has 0 aromatic carbocycles. The molecule has 1 saturated heterocycles. The normalized spacial score (nSPS) is 15.3. The van der Waals surface area contributed by atoms with Crippen LogP contribution >= 0.6 is 0 Å². The van der Waals surface area contributed by atoms with Crippen molar-refractivity contribution in [3.05, 3.63) is 29.7 Å². The summed E-state index contributed by atoms with van der Waals surface area (Å²) in [7, 11) is 1.63. The van der Waals surface area contributed by atoms with Gasteiger partial charge in [-0.3, -0.25) is 4.79 Å². The van der Waals surface area contributed by atoms with E-state index in [9.17, 15) is 4.79 Å². The van der Waals surface area contributed by atoms with Crippen LogP contribution in [0, 0.1) is 19.8 Å². The van der Waals surface area contributed by atoms with Gasteiger partial charge in [0, 0.05) is 50.6 Å². The number of carbonyl (C=O) groups is 1. The Morgan fingerprint density at radius 1 is 1.35 bits per heavy atom. The Labute approximate surface area is 153 Å². The Morgan fingerprint density at radius 2 is 2.12 bits per heavy atom. The number of methoxy groups -OCH3 is 1. The molecule has 2 aromatic heterocycles. The van der Waals surface area contributed by atoms with Crippen molar-refractivity contribution < 1.29 is 9.53 Å². The molecule has 0 aliphatic carbocycles. The predicted octanol–water partition coefficient (Wildman–Crippen LogP) is 1.26. The van der Waals surface area contributed by atoms with Gasteiger partial charge < -0.3 is 15.0 Å². The monoisotopic (exact) mass is 358 g/mol. The molecule has 8 heteroatoms. The van der Waals surface area contributed by atoms with E-state index in [0.29, 0.717) is 19.1 Å². The van der Waals surface area contributed by atoms with Crippen LogP contribution in [0.5, 0.6) is 0 Å². The maximum absolute atomic E-state index is 12.2. The Balaban J connectivity index is 1.62. The number of hydrogen-bond acceptors (Lipinski definition) is 6. The summed E-state index contributed by atoms with van der Waals surface area (Å²) in [5, 5.41) is 7.40. The molecule has 2 aromatic rings. The van der Waals surface area contributed by atoms with E-state index >= 15 is 0 Å². The third kappa shape index (κ3) is 4.19. The van der Waals surface area contributed by atoms with Gasteiger partial charge in [-0.2, -0.15) is 10.1 Å². The Kier molecular flexibility index (Phi) is 5.82. The summed E-state index contributed by atoms with van der Waals surface area (Å²) in [6.07, 6.45) is 3.36. The highest BCUT2D eigenvalue weighted by molar-refractivity contribution is 5.78. The Hall–Kier alpha value is -2.48. The van der Waals surface area contributed by atoms with Crippen LogP contribution in [0.25, 0.3) is 5.82 Å². The van der Waals surface area contributed by atoms with Gasteiger partial charge in [-0.05, 0) is 32.8 Å². The molecule has 3 heterocycles. The van der Waals surface area contributed by atoms with E-state index in [1.165, 1.54) is 0 Å². The van der Waals surface area contributed by atoms with Crippen molar-refractivity contribution in [2.24, 2.45) is 5.92 Å². The number of hydrogen-bond donors (Lipinski definition) is 1. The highest BCUT2D eigenvalue weighted by Crippen LogP contribution is 2.21. The molecule has 1 aliphatic rings. The van der Waals surface area contributed by atoms with Crippen LogP contribution < -0.4 is 10.2 Å². The highest BCUT2D eigenvalue weighted by Gasteiger charge is 2.26. The summed E-state index contributed by atoms with van der Waals surface area (Å²) in [6.45, 7) is 6.61. The Bertz CT molecular complexity index is 752. The minimum absolute atomic E-state index is 0.0438. The zero-order valence-electron chi connectivity index (χ0n) is 15.6. The lowest BCUT2D eigenvalue weighted by atomic mass is 9.96. The third-order valence-corrected chi connectivity index (χ3v) is 4.61. The number of aryl methyl sites for hydroxylation is 2. The number of rotatable bonds is 6. The van der Waals surface area contributed by atoms with Gasteiger partial charge >= 0.3 is 0 Å². The first-order chi connectivity index (χ1) is 12.6. The number of nitrogens with one attached hydrogen (secondary N) is 1. The average Bonchev–Trinajstić information content (AvgIpc) is 3.00. The van der Waals surface area contributed by atoms with Crippen molar-refractivity contribution in [3.8, 4) is 5.82 Å². The van der Waals surface area contributed by atoms with Crippen molar-refractivity contribution in [1.29, 1.82) is 0 Å². The van der Waals surface area contributed by atoms with Crippen LogP contribution in [0.3, 0.4) is 0 Å². The van der Waals surface area contributed by atoms with E-state index in [4.69, 9.17) is 4.74 Å². The molecule has 8 nitrogen and oxygen atoms in total. The summed E-state index contributed by atoms with van der Waals surface area (Å²) in [4.78, 5) is 23.4. The van der Waals surface area contributed by atoms with Gasteiger partial charge in [0.05, 0.1) is 12.3 Å². The summed E-state index contributed by atoms with van der Waals surface area (Å²) in [5.74, 6) is 1.61. The molecule has 1 N–H and O–H groups in total. The van der Waals surface area contributed by atoms with Crippen molar-refractivity contribution in [3.63, 3.8) is 0 Å². The highest BCUT2D eigenvalue weighted by atomic mass is 16.5. The summed E-state index contributed by atoms with van der Waals surface area (Å²) in [5.41, 5.74) is 2.00. The van der Waals surface area contributed by atoms with Crippen LogP contribution in [0.2, 0.25) is 0 Å². The minimum Gasteiger partial charge on any atom is -0.383 e. The zero-order chi connectivity index (χ0) is 18.5. The first-order valence-corrected chi connectivity index (χ1v) is 8.97. The maximum atomic E-state index is 12.2.